The van der Waals surface area contributed by atoms with E-state index in [2.05, 4.69) is 9.88 Å². The average molecular weight is 279 g/mol. The lowest BCUT2D eigenvalue weighted by molar-refractivity contribution is 0.203. The minimum Gasteiger partial charge on any atom is -0.411 e. The predicted octanol–water partition coefficient (Wildman–Crippen LogP) is 0.0293. The van der Waals surface area contributed by atoms with Gasteiger partial charge in [-0.05, 0) is 6.42 Å². The van der Waals surface area contributed by atoms with Crippen LogP contribution in [-0.4, -0.2) is 57.0 Å². The second-order valence-electron chi connectivity index (χ2n) is 4.20. The molecular weight excluding hydrogens is 258 g/mol. The molecule has 0 radical (unpaired) electrons. The van der Waals surface area contributed by atoms with Gasteiger partial charge >= 0.3 is 0 Å². The van der Waals surface area contributed by atoms with Crippen LogP contribution in [0.25, 0.3) is 0 Å². The van der Waals surface area contributed by atoms with Crippen LogP contribution in [-0.2, 0) is 14.9 Å². The van der Waals surface area contributed by atoms with Gasteiger partial charge in [0.05, 0.1) is 12.3 Å². The molecule has 18 heavy (non-hydrogen) atoms. The minimum atomic E-state index is -3.46. The van der Waals surface area contributed by atoms with Crippen LogP contribution in [0.4, 0.5) is 0 Å². The molecule has 0 bridgehead atoms. The summed E-state index contributed by atoms with van der Waals surface area (Å²) < 4.78 is 32.6. The van der Waals surface area contributed by atoms with Gasteiger partial charge in [0.2, 0.25) is 0 Å². The van der Waals surface area contributed by atoms with E-state index < -0.39 is 10.2 Å². The molecule has 0 amide bonds. The molecule has 0 aromatic rings. The van der Waals surface area contributed by atoms with Crippen LogP contribution in [0.15, 0.2) is 5.16 Å². The quantitative estimate of drug-likeness (QED) is 0.408. The summed E-state index contributed by atoms with van der Waals surface area (Å²) >= 11 is 0. The lowest BCUT2D eigenvalue weighted by Gasteiger charge is -2.31. The number of rotatable bonds is 6. The van der Waals surface area contributed by atoms with Gasteiger partial charge in [0.25, 0.3) is 10.2 Å². The summed E-state index contributed by atoms with van der Waals surface area (Å²) in [6.07, 6.45) is 1.23. The molecule has 0 spiro atoms. The van der Waals surface area contributed by atoms with Crippen LogP contribution in [0.3, 0.4) is 0 Å². The number of nitrogens with zero attached hydrogens (tertiary/aromatic N) is 2. The van der Waals surface area contributed by atoms with Gasteiger partial charge < -0.3 is 9.94 Å². The maximum Gasteiger partial charge on any atom is 0.279 e. The number of hydrogen-bond donors (Lipinski definition) is 2. The van der Waals surface area contributed by atoms with Gasteiger partial charge in [-0.25, -0.2) is 0 Å². The van der Waals surface area contributed by atoms with E-state index in [1.165, 1.54) is 11.4 Å². The zero-order chi connectivity index (χ0) is 13.6. The number of ether oxygens (including phenoxy) is 1. The third kappa shape index (κ3) is 3.91. The Kier molecular flexibility index (Phi) is 6.00. The Morgan fingerprint density at radius 2 is 2.33 bits per heavy atom. The smallest absolute Gasteiger partial charge is 0.279 e. The Bertz CT molecular complexity index is 383. The number of methoxy groups -OCH3 is 1. The number of hydrogen-bond acceptors (Lipinski definition) is 5. The van der Waals surface area contributed by atoms with Crippen molar-refractivity contribution in [1.29, 1.82) is 0 Å². The SMILES string of the molecule is CCC1CN(S(=O)(=O)NCCOC)CCC1=NO. The molecule has 1 heterocycles. The highest BCUT2D eigenvalue weighted by atomic mass is 32.2. The highest BCUT2D eigenvalue weighted by Gasteiger charge is 2.31. The van der Waals surface area contributed by atoms with Gasteiger partial charge in [-0.2, -0.15) is 17.4 Å². The summed E-state index contributed by atoms with van der Waals surface area (Å²) in [5.41, 5.74) is 0.681. The van der Waals surface area contributed by atoms with Crippen LogP contribution in [0.1, 0.15) is 19.8 Å². The van der Waals surface area contributed by atoms with E-state index in [0.717, 1.165) is 6.42 Å². The fourth-order valence-corrected chi connectivity index (χ4v) is 3.20. The third-order valence-corrected chi connectivity index (χ3v) is 4.64. The van der Waals surface area contributed by atoms with E-state index in [1.54, 1.807) is 0 Å². The molecule has 1 saturated heterocycles. The first-order chi connectivity index (χ1) is 8.55. The van der Waals surface area contributed by atoms with E-state index in [4.69, 9.17) is 9.94 Å². The first-order valence-corrected chi connectivity index (χ1v) is 7.43. The molecular formula is C10H21N3O4S. The zero-order valence-electron chi connectivity index (χ0n) is 10.8. The molecule has 1 fully saturated rings. The zero-order valence-corrected chi connectivity index (χ0v) is 11.6. The van der Waals surface area contributed by atoms with E-state index in [-0.39, 0.29) is 12.5 Å². The van der Waals surface area contributed by atoms with E-state index in [1.807, 2.05) is 6.92 Å². The van der Waals surface area contributed by atoms with Crippen molar-refractivity contribution < 1.29 is 18.4 Å². The molecule has 106 valence electrons. The highest BCUT2D eigenvalue weighted by molar-refractivity contribution is 7.87. The normalized spacial score (nSPS) is 24.6. The molecule has 0 aromatic heterocycles. The van der Waals surface area contributed by atoms with Crippen LogP contribution < -0.4 is 4.72 Å². The molecule has 7 nitrogen and oxygen atoms in total. The molecule has 0 aromatic carbocycles. The van der Waals surface area contributed by atoms with Crippen molar-refractivity contribution in [1.82, 2.24) is 9.03 Å². The average Bonchev–Trinajstić information content (AvgIpc) is 2.38. The largest absolute Gasteiger partial charge is 0.411 e. The third-order valence-electron chi connectivity index (χ3n) is 3.06. The Labute approximate surface area is 108 Å². The summed E-state index contributed by atoms with van der Waals surface area (Å²) in [6, 6.07) is 0. The lowest BCUT2D eigenvalue weighted by Crippen LogP contribution is -2.49. The fraction of sp³-hybridized carbons (Fsp3) is 0.900. The van der Waals surface area contributed by atoms with Crippen LogP contribution >= 0.6 is 0 Å². The number of oxime groups is 1. The van der Waals surface area contributed by atoms with Crippen LogP contribution in [0, 0.1) is 5.92 Å². The fourth-order valence-electron chi connectivity index (χ4n) is 1.96. The van der Waals surface area contributed by atoms with Crippen molar-refractivity contribution in [2.24, 2.45) is 11.1 Å². The van der Waals surface area contributed by atoms with Crippen molar-refractivity contribution in [2.45, 2.75) is 19.8 Å². The molecule has 0 aliphatic carbocycles. The van der Waals surface area contributed by atoms with Gasteiger partial charge in [0.15, 0.2) is 0 Å². The van der Waals surface area contributed by atoms with Gasteiger partial charge in [0.1, 0.15) is 0 Å². The van der Waals surface area contributed by atoms with Crippen molar-refractivity contribution >= 4 is 15.9 Å². The summed E-state index contributed by atoms with van der Waals surface area (Å²) in [7, 11) is -1.94. The topological polar surface area (TPSA) is 91.2 Å². The minimum absolute atomic E-state index is 0.0113. The van der Waals surface area contributed by atoms with Gasteiger partial charge in [-0.15, -0.1) is 0 Å². The Morgan fingerprint density at radius 3 is 2.89 bits per heavy atom. The predicted molar refractivity (Wildman–Crippen MR) is 68.0 cm³/mol. The first-order valence-electron chi connectivity index (χ1n) is 5.99. The summed E-state index contributed by atoms with van der Waals surface area (Å²) in [4.78, 5) is 0. The van der Waals surface area contributed by atoms with Crippen LogP contribution in [0.2, 0.25) is 0 Å². The monoisotopic (exact) mass is 279 g/mol. The Hall–Kier alpha value is -0.700. The van der Waals surface area contributed by atoms with Crippen LogP contribution in [0.5, 0.6) is 0 Å². The molecule has 2 N–H and O–H groups in total. The summed E-state index contributed by atoms with van der Waals surface area (Å²) in [5.74, 6) is -0.0113. The maximum absolute atomic E-state index is 12.0. The van der Waals surface area contributed by atoms with Crippen molar-refractivity contribution in [3.05, 3.63) is 0 Å². The summed E-state index contributed by atoms with van der Waals surface area (Å²) in [5, 5.41) is 12.1. The molecule has 1 aliphatic heterocycles. The van der Waals surface area contributed by atoms with Crippen molar-refractivity contribution in [3.63, 3.8) is 0 Å². The van der Waals surface area contributed by atoms with Gasteiger partial charge in [-0.1, -0.05) is 12.1 Å². The van der Waals surface area contributed by atoms with Crippen molar-refractivity contribution in [3.8, 4) is 0 Å². The first kappa shape index (κ1) is 15.4. The standard InChI is InChI=1S/C10H21N3O4S/c1-3-9-8-13(6-4-10(9)12-14)18(15,16)11-5-7-17-2/h9,11,14H,3-8H2,1-2H3. The molecule has 1 unspecified atom stereocenters. The molecule has 1 atom stereocenters. The molecule has 1 aliphatic rings. The van der Waals surface area contributed by atoms with E-state index in [9.17, 15) is 8.42 Å². The molecule has 8 heteroatoms. The lowest BCUT2D eigenvalue weighted by atomic mass is 9.95. The second-order valence-corrected chi connectivity index (χ2v) is 5.95. The second kappa shape index (κ2) is 7.03. The number of piperidine rings is 1. The van der Waals surface area contributed by atoms with E-state index in [0.29, 0.717) is 31.8 Å². The van der Waals surface area contributed by atoms with Gasteiger partial charge in [0, 0.05) is 39.1 Å². The van der Waals surface area contributed by atoms with Gasteiger partial charge in [-0.3, -0.25) is 0 Å². The Morgan fingerprint density at radius 1 is 1.61 bits per heavy atom. The number of nitrogens with one attached hydrogen (secondary N) is 1. The maximum atomic E-state index is 12.0. The highest BCUT2D eigenvalue weighted by Crippen LogP contribution is 2.19. The molecule has 1 rings (SSSR count). The van der Waals surface area contributed by atoms with Crippen molar-refractivity contribution in [2.75, 3.05) is 33.4 Å². The molecule has 0 saturated carbocycles. The Balaban J connectivity index is 2.62. The summed E-state index contributed by atoms with van der Waals surface area (Å²) in [6.45, 7) is 3.25. The van der Waals surface area contributed by atoms with E-state index >= 15 is 0 Å².